The maximum atomic E-state index is 12.1. The Hall–Kier alpha value is -1.37. The summed E-state index contributed by atoms with van der Waals surface area (Å²) in [5.41, 5.74) is 5.10. The number of benzene rings is 1. The summed E-state index contributed by atoms with van der Waals surface area (Å²) in [4.78, 5) is 12.1. The molecule has 0 aromatic heterocycles. The third-order valence-electron chi connectivity index (χ3n) is 3.74. The van der Waals surface area contributed by atoms with Crippen molar-refractivity contribution in [2.24, 2.45) is 5.92 Å². The van der Waals surface area contributed by atoms with Crippen LogP contribution in [0.5, 0.6) is 0 Å². The van der Waals surface area contributed by atoms with Crippen LogP contribution in [0.15, 0.2) is 35.4 Å². The molecular weight excluding hydrogens is 196 g/mol. The second-order valence-corrected chi connectivity index (χ2v) is 4.77. The van der Waals surface area contributed by atoms with Crippen molar-refractivity contribution in [1.82, 2.24) is 0 Å². The summed E-state index contributed by atoms with van der Waals surface area (Å²) in [5, 5.41) is 0. The first-order valence-electron chi connectivity index (χ1n) is 5.85. The van der Waals surface area contributed by atoms with Crippen LogP contribution in [-0.2, 0) is 17.6 Å². The highest BCUT2D eigenvalue weighted by molar-refractivity contribution is 5.86. The Morgan fingerprint density at radius 2 is 1.62 bits per heavy atom. The van der Waals surface area contributed by atoms with E-state index < -0.39 is 0 Å². The highest BCUT2D eigenvalue weighted by Gasteiger charge is 2.20. The van der Waals surface area contributed by atoms with Crippen molar-refractivity contribution in [3.8, 4) is 0 Å². The van der Waals surface area contributed by atoms with Gasteiger partial charge in [0.1, 0.15) is 5.78 Å². The first kappa shape index (κ1) is 11.1. The van der Waals surface area contributed by atoms with Crippen molar-refractivity contribution in [2.45, 2.75) is 33.6 Å². The fourth-order valence-corrected chi connectivity index (χ4v) is 2.28. The molecule has 16 heavy (non-hydrogen) atoms. The predicted octanol–water partition coefficient (Wildman–Crippen LogP) is 3.33. The molecule has 84 valence electrons. The molecule has 2 rings (SSSR count). The van der Waals surface area contributed by atoms with E-state index in [9.17, 15) is 4.79 Å². The molecule has 1 unspecified atom stereocenters. The zero-order valence-corrected chi connectivity index (χ0v) is 10.2. The number of carbonyl (C=O) groups excluding carboxylic acids is 1. The van der Waals surface area contributed by atoms with Crippen molar-refractivity contribution in [3.63, 3.8) is 0 Å². The van der Waals surface area contributed by atoms with Crippen molar-refractivity contribution >= 4 is 5.78 Å². The maximum absolute atomic E-state index is 12.1. The minimum Gasteiger partial charge on any atom is -0.299 e. The quantitative estimate of drug-likeness (QED) is 0.605. The van der Waals surface area contributed by atoms with E-state index in [0.29, 0.717) is 12.2 Å². The van der Waals surface area contributed by atoms with Crippen LogP contribution in [0.4, 0.5) is 0 Å². The van der Waals surface area contributed by atoms with Gasteiger partial charge in [0, 0.05) is 12.3 Å². The van der Waals surface area contributed by atoms with Gasteiger partial charge in [-0.05, 0) is 31.4 Å². The topological polar surface area (TPSA) is 17.1 Å². The van der Waals surface area contributed by atoms with Crippen LogP contribution in [0, 0.1) is 5.92 Å². The number of fused-ring (bicyclic) bond motifs is 1. The third-order valence-corrected chi connectivity index (χ3v) is 3.74. The minimum absolute atomic E-state index is 0.0772. The van der Waals surface area contributed by atoms with E-state index in [0.717, 1.165) is 6.42 Å². The number of allylic oxidation sites excluding steroid dienone is 2. The van der Waals surface area contributed by atoms with E-state index in [1.165, 1.54) is 22.3 Å². The van der Waals surface area contributed by atoms with Crippen LogP contribution in [0.2, 0.25) is 0 Å². The Bertz CT molecular complexity index is 454. The van der Waals surface area contributed by atoms with Crippen molar-refractivity contribution in [2.75, 3.05) is 0 Å². The number of hydrogen-bond donors (Lipinski definition) is 0. The summed E-state index contributed by atoms with van der Waals surface area (Å²) in [6, 6.07) is 8.28. The van der Waals surface area contributed by atoms with Crippen LogP contribution >= 0.6 is 0 Å². The smallest absolute Gasteiger partial charge is 0.144 e. The van der Waals surface area contributed by atoms with E-state index in [2.05, 4.69) is 32.0 Å². The molecule has 0 aliphatic heterocycles. The Morgan fingerprint density at radius 3 is 2.25 bits per heavy atom. The fraction of sp³-hybridized carbons (Fsp3) is 0.400. The van der Waals surface area contributed by atoms with Gasteiger partial charge in [0.15, 0.2) is 0 Å². The summed E-state index contributed by atoms with van der Waals surface area (Å²) < 4.78 is 0. The molecule has 1 aromatic carbocycles. The molecule has 1 aromatic rings. The normalized spacial score (nSPS) is 25.9. The van der Waals surface area contributed by atoms with Crippen LogP contribution in [0.25, 0.3) is 0 Å². The molecule has 1 heteroatoms. The van der Waals surface area contributed by atoms with Gasteiger partial charge >= 0.3 is 0 Å². The van der Waals surface area contributed by atoms with Crippen LogP contribution < -0.4 is 0 Å². The molecule has 0 saturated carbocycles. The van der Waals surface area contributed by atoms with E-state index >= 15 is 0 Å². The molecular formula is C15H18O. The summed E-state index contributed by atoms with van der Waals surface area (Å²) in [6.45, 7) is 6.25. The van der Waals surface area contributed by atoms with Gasteiger partial charge in [-0.15, -0.1) is 0 Å². The van der Waals surface area contributed by atoms with Gasteiger partial charge in [0.25, 0.3) is 0 Å². The average molecular weight is 214 g/mol. The molecule has 0 radical (unpaired) electrons. The van der Waals surface area contributed by atoms with Gasteiger partial charge in [0.2, 0.25) is 0 Å². The van der Waals surface area contributed by atoms with E-state index in [4.69, 9.17) is 0 Å². The largest absolute Gasteiger partial charge is 0.299 e. The monoisotopic (exact) mass is 214 g/mol. The fourth-order valence-electron chi connectivity index (χ4n) is 2.28. The summed E-state index contributed by atoms with van der Waals surface area (Å²) in [6.07, 6.45) is 1.57. The van der Waals surface area contributed by atoms with Gasteiger partial charge in [-0.25, -0.2) is 0 Å². The lowest BCUT2D eigenvalue weighted by atomic mass is 9.84. The van der Waals surface area contributed by atoms with Crippen LogP contribution in [0.3, 0.4) is 0 Å². The Kier molecular flexibility index (Phi) is 2.95. The third kappa shape index (κ3) is 1.95. The number of ketones is 1. The molecule has 0 heterocycles. The van der Waals surface area contributed by atoms with E-state index in [1.54, 1.807) is 0 Å². The van der Waals surface area contributed by atoms with Gasteiger partial charge in [0.05, 0.1) is 0 Å². The first-order valence-corrected chi connectivity index (χ1v) is 5.85. The summed E-state index contributed by atoms with van der Waals surface area (Å²) in [7, 11) is 0. The molecule has 1 aliphatic rings. The molecule has 0 spiro atoms. The minimum atomic E-state index is 0.0772. The van der Waals surface area contributed by atoms with E-state index in [-0.39, 0.29) is 5.92 Å². The van der Waals surface area contributed by atoms with E-state index in [1.807, 2.05) is 13.0 Å². The Labute approximate surface area is 97.2 Å². The zero-order chi connectivity index (χ0) is 11.7. The molecule has 0 saturated heterocycles. The highest BCUT2D eigenvalue weighted by Crippen LogP contribution is 2.25. The maximum Gasteiger partial charge on any atom is 0.144 e. The number of hydrogen-bond acceptors (Lipinski definition) is 1. The lowest BCUT2D eigenvalue weighted by Gasteiger charge is -2.20. The zero-order valence-electron chi connectivity index (χ0n) is 10.2. The molecule has 1 aliphatic carbocycles. The average Bonchev–Trinajstić information content (AvgIpc) is 2.28. The Balaban J connectivity index is 2.49. The van der Waals surface area contributed by atoms with Gasteiger partial charge in [-0.1, -0.05) is 42.3 Å². The Morgan fingerprint density at radius 1 is 1.06 bits per heavy atom. The second-order valence-electron chi connectivity index (χ2n) is 4.77. The molecule has 0 N–H and O–H groups in total. The van der Waals surface area contributed by atoms with Crippen molar-refractivity contribution in [3.05, 3.63) is 46.5 Å². The van der Waals surface area contributed by atoms with Gasteiger partial charge in [-0.3, -0.25) is 4.79 Å². The SMILES string of the molecule is C/C1=C(\C)C(C)C(=O)Cc2ccccc2C1. The second kappa shape index (κ2) is 4.25. The van der Waals surface area contributed by atoms with Crippen molar-refractivity contribution in [1.29, 1.82) is 0 Å². The van der Waals surface area contributed by atoms with Crippen LogP contribution in [0.1, 0.15) is 31.9 Å². The summed E-state index contributed by atoms with van der Waals surface area (Å²) in [5.74, 6) is 0.414. The standard InChI is InChI=1S/C15H18O/c1-10-8-13-6-4-5-7-14(13)9-15(16)12(3)11(10)2/h4-7,12H,8-9H2,1-3H3/b11-10-. The van der Waals surface area contributed by atoms with Crippen molar-refractivity contribution < 1.29 is 4.79 Å². The molecule has 0 bridgehead atoms. The first-order chi connectivity index (χ1) is 7.59. The van der Waals surface area contributed by atoms with Crippen LogP contribution in [-0.4, -0.2) is 5.78 Å². The lowest BCUT2D eigenvalue weighted by molar-refractivity contribution is -0.120. The predicted molar refractivity (Wildman–Crippen MR) is 66.4 cm³/mol. The van der Waals surface area contributed by atoms with Gasteiger partial charge in [-0.2, -0.15) is 0 Å². The molecule has 1 nitrogen and oxygen atoms in total. The molecule has 0 amide bonds. The highest BCUT2D eigenvalue weighted by atomic mass is 16.1. The number of rotatable bonds is 0. The number of Topliss-reactive ketones (excluding diaryl/α,β-unsaturated/α-hetero) is 1. The number of carbonyl (C=O) groups is 1. The molecule has 1 atom stereocenters. The lowest BCUT2D eigenvalue weighted by Crippen LogP contribution is -2.19. The summed E-state index contributed by atoms with van der Waals surface area (Å²) >= 11 is 0. The molecule has 0 fully saturated rings. The van der Waals surface area contributed by atoms with Gasteiger partial charge < -0.3 is 0 Å².